The highest BCUT2D eigenvalue weighted by molar-refractivity contribution is 5.88. The third-order valence-electron chi connectivity index (χ3n) is 3.34. The van der Waals surface area contributed by atoms with E-state index in [1.54, 1.807) is 36.1 Å². The zero-order valence-electron chi connectivity index (χ0n) is 11.2. The topological polar surface area (TPSA) is 84.5 Å². The summed E-state index contributed by atoms with van der Waals surface area (Å²) in [5.41, 5.74) is 6.61. The van der Waals surface area contributed by atoms with E-state index in [1.807, 2.05) is 0 Å². The molecule has 1 atom stereocenters. The fourth-order valence-electron chi connectivity index (χ4n) is 2.11. The van der Waals surface area contributed by atoms with Crippen LogP contribution in [-0.4, -0.2) is 58.1 Å². The molecule has 0 bridgehead atoms. The third kappa shape index (κ3) is 2.93. The standard InChI is InChI=1S/C12H19N5O2/c1-15-4-3-5-17(8-10(15)18)12(19)11(13)9-6-14-16(2)7-9/h6-7,11H,3-5,8,13H2,1-2H3. The van der Waals surface area contributed by atoms with Gasteiger partial charge < -0.3 is 15.5 Å². The van der Waals surface area contributed by atoms with Crippen molar-refractivity contribution in [1.82, 2.24) is 19.6 Å². The van der Waals surface area contributed by atoms with Crippen molar-refractivity contribution in [2.75, 3.05) is 26.7 Å². The summed E-state index contributed by atoms with van der Waals surface area (Å²) in [4.78, 5) is 27.2. The summed E-state index contributed by atoms with van der Waals surface area (Å²) >= 11 is 0. The van der Waals surface area contributed by atoms with Crippen molar-refractivity contribution in [1.29, 1.82) is 0 Å². The quantitative estimate of drug-likeness (QED) is 0.752. The van der Waals surface area contributed by atoms with Crippen LogP contribution >= 0.6 is 0 Å². The second-order valence-corrected chi connectivity index (χ2v) is 4.85. The van der Waals surface area contributed by atoms with Gasteiger partial charge in [-0.3, -0.25) is 14.3 Å². The number of aromatic nitrogens is 2. The number of rotatable bonds is 2. The van der Waals surface area contributed by atoms with Gasteiger partial charge in [0.15, 0.2) is 0 Å². The average molecular weight is 265 g/mol. The van der Waals surface area contributed by atoms with E-state index in [1.165, 1.54) is 4.90 Å². The van der Waals surface area contributed by atoms with Crippen LogP contribution in [0.4, 0.5) is 0 Å². The van der Waals surface area contributed by atoms with E-state index < -0.39 is 6.04 Å². The molecule has 7 nitrogen and oxygen atoms in total. The fourth-order valence-corrected chi connectivity index (χ4v) is 2.11. The van der Waals surface area contributed by atoms with Gasteiger partial charge in [0.2, 0.25) is 11.8 Å². The first kappa shape index (κ1) is 13.5. The lowest BCUT2D eigenvalue weighted by atomic mass is 10.1. The van der Waals surface area contributed by atoms with E-state index >= 15 is 0 Å². The number of carbonyl (C=O) groups is 2. The Morgan fingerprint density at radius 1 is 1.42 bits per heavy atom. The SMILES string of the molecule is CN1CCCN(C(=O)C(N)c2cnn(C)c2)CC1=O. The Kier molecular flexibility index (Phi) is 3.84. The molecule has 19 heavy (non-hydrogen) atoms. The maximum Gasteiger partial charge on any atom is 0.244 e. The van der Waals surface area contributed by atoms with Crippen LogP contribution in [0.15, 0.2) is 12.4 Å². The molecule has 2 heterocycles. The second-order valence-electron chi connectivity index (χ2n) is 4.85. The summed E-state index contributed by atoms with van der Waals surface area (Å²) in [5.74, 6) is -0.277. The molecule has 2 amide bonds. The maximum atomic E-state index is 12.3. The van der Waals surface area contributed by atoms with E-state index in [0.717, 1.165) is 6.42 Å². The lowest BCUT2D eigenvalue weighted by Crippen LogP contribution is -2.42. The summed E-state index contributed by atoms with van der Waals surface area (Å²) in [7, 11) is 3.52. The summed E-state index contributed by atoms with van der Waals surface area (Å²) in [6.07, 6.45) is 4.07. The van der Waals surface area contributed by atoms with Crippen LogP contribution in [0.25, 0.3) is 0 Å². The minimum Gasteiger partial charge on any atom is -0.344 e. The van der Waals surface area contributed by atoms with Crippen molar-refractivity contribution in [3.05, 3.63) is 18.0 Å². The molecule has 2 rings (SSSR count). The molecule has 0 saturated carbocycles. The Morgan fingerprint density at radius 2 is 2.16 bits per heavy atom. The number of nitrogens with two attached hydrogens (primary N) is 1. The molecule has 0 radical (unpaired) electrons. The summed E-state index contributed by atoms with van der Waals surface area (Å²) in [6, 6.07) is -0.759. The van der Waals surface area contributed by atoms with Gasteiger partial charge in [0.05, 0.1) is 12.7 Å². The second kappa shape index (κ2) is 5.40. The van der Waals surface area contributed by atoms with Crippen molar-refractivity contribution < 1.29 is 9.59 Å². The maximum absolute atomic E-state index is 12.3. The first-order valence-electron chi connectivity index (χ1n) is 6.26. The molecule has 1 aromatic rings. The van der Waals surface area contributed by atoms with Crippen LogP contribution in [-0.2, 0) is 16.6 Å². The van der Waals surface area contributed by atoms with E-state index in [2.05, 4.69) is 5.10 Å². The molecule has 104 valence electrons. The zero-order valence-corrected chi connectivity index (χ0v) is 11.2. The van der Waals surface area contributed by atoms with Crippen LogP contribution in [0, 0.1) is 0 Å². The first-order valence-corrected chi connectivity index (χ1v) is 6.26. The number of likely N-dealkylation sites (N-methyl/N-ethyl adjacent to an activating group) is 1. The summed E-state index contributed by atoms with van der Waals surface area (Å²) < 4.78 is 1.60. The summed E-state index contributed by atoms with van der Waals surface area (Å²) in [6.45, 7) is 1.33. The van der Waals surface area contributed by atoms with Gasteiger partial charge in [0.1, 0.15) is 6.04 Å². The molecule has 1 saturated heterocycles. The highest BCUT2D eigenvalue weighted by Gasteiger charge is 2.27. The van der Waals surface area contributed by atoms with E-state index in [-0.39, 0.29) is 18.4 Å². The highest BCUT2D eigenvalue weighted by Crippen LogP contribution is 2.14. The molecular formula is C12H19N5O2. The highest BCUT2D eigenvalue weighted by atomic mass is 16.2. The molecule has 0 aromatic carbocycles. The van der Waals surface area contributed by atoms with Gasteiger partial charge in [-0.05, 0) is 6.42 Å². The van der Waals surface area contributed by atoms with Crippen molar-refractivity contribution in [3.63, 3.8) is 0 Å². The number of nitrogens with zero attached hydrogens (tertiary/aromatic N) is 4. The summed E-state index contributed by atoms with van der Waals surface area (Å²) in [5, 5.41) is 4.00. The lowest BCUT2D eigenvalue weighted by molar-refractivity contribution is -0.139. The Balaban J connectivity index is 2.08. The zero-order chi connectivity index (χ0) is 14.0. The van der Waals surface area contributed by atoms with Gasteiger partial charge in [0.25, 0.3) is 0 Å². The number of amides is 2. The molecule has 0 spiro atoms. The minimum atomic E-state index is -0.759. The average Bonchev–Trinajstić information content (AvgIpc) is 2.74. The van der Waals surface area contributed by atoms with Gasteiger partial charge in [-0.25, -0.2) is 0 Å². The Bertz CT molecular complexity index is 484. The van der Waals surface area contributed by atoms with Crippen molar-refractivity contribution in [2.24, 2.45) is 12.8 Å². The molecule has 7 heteroatoms. The van der Waals surface area contributed by atoms with Gasteiger partial charge in [-0.2, -0.15) is 5.10 Å². The van der Waals surface area contributed by atoms with Gasteiger partial charge in [-0.15, -0.1) is 0 Å². The van der Waals surface area contributed by atoms with Crippen LogP contribution in [0.3, 0.4) is 0 Å². The number of carbonyl (C=O) groups excluding carboxylic acids is 2. The molecule has 1 aliphatic rings. The lowest BCUT2D eigenvalue weighted by Gasteiger charge is -2.22. The van der Waals surface area contributed by atoms with Crippen LogP contribution in [0.1, 0.15) is 18.0 Å². The molecule has 1 aliphatic heterocycles. The van der Waals surface area contributed by atoms with Crippen molar-refractivity contribution in [3.8, 4) is 0 Å². The number of hydrogen-bond donors (Lipinski definition) is 1. The smallest absolute Gasteiger partial charge is 0.244 e. The first-order chi connectivity index (χ1) is 8.99. The molecule has 2 N–H and O–H groups in total. The molecular weight excluding hydrogens is 246 g/mol. The number of hydrogen-bond acceptors (Lipinski definition) is 4. The number of aryl methyl sites for hydroxylation is 1. The fraction of sp³-hybridized carbons (Fsp3) is 0.583. The van der Waals surface area contributed by atoms with Gasteiger partial charge >= 0.3 is 0 Å². The minimum absolute atomic E-state index is 0.0516. The Labute approximate surface area is 111 Å². The Hall–Kier alpha value is -1.89. The molecule has 1 aromatic heterocycles. The van der Waals surface area contributed by atoms with Gasteiger partial charge in [-0.1, -0.05) is 0 Å². The van der Waals surface area contributed by atoms with E-state index in [0.29, 0.717) is 18.7 Å². The van der Waals surface area contributed by atoms with E-state index in [4.69, 9.17) is 5.73 Å². The predicted molar refractivity (Wildman–Crippen MR) is 69.0 cm³/mol. The normalized spacial score (nSPS) is 18.4. The predicted octanol–water partition coefficient (Wildman–Crippen LogP) is -0.889. The van der Waals surface area contributed by atoms with Crippen LogP contribution < -0.4 is 5.73 Å². The van der Waals surface area contributed by atoms with Crippen molar-refractivity contribution >= 4 is 11.8 Å². The third-order valence-corrected chi connectivity index (χ3v) is 3.34. The van der Waals surface area contributed by atoms with E-state index in [9.17, 15) is 9.59 Å². The Morgan fingerprint density at radius 3 is 2.79 bits per heavy atom. The molecule has 1 unspecified atom stereocenters. The molecule has 0 aliphatic carbocycles. The monoisotopic (exact) mass is 265 g/mol. The molecule has 1 fully saturated rings. The van der Waals surface area contributed by atoms with Crippen molar-refractivity contribution in [2.45, 2.75) is 12.5 Å². The van der Waals surface area contributed by atoms with Gasteiger partial charge in [0, 0.05) is 38.9 Å². The largest absolute Gasteiger partial charge is 0.344 e. The van der Waals surface area contributed by atoms with Crippen LogP contribution in [0.5, 0.6) is 0 Å². The van der Waals surface area contributed by atoms with Crippen LogP contribution in [0.2, 0.25) is 0 Å².